The quantitative estimate of drug-likeness (QED) is 0.681. The molecule has 4 nitrogen and oxygen atoms in total. The molecule has 0 atom stereocenters. The Labute approximate surface area is 140 Å². The third-order valence-corrected chi connectivity index (χ3v) is 3.80. The zero-order valence-electron chi connectivity index (χ0n) is 13.2. The van der Waals surface area contributed by atoms with E-state index < -0.39 is 0 Å². The molecule has 0 amide bonds. The minimum absolute atomic E-state index is 0.00360. The van der Waals surface area contributed by atoms with Crippen molar-refractivity contribution in [2.24, 2.45) is 4.99 Å². The van der Waals surface area contributed by atoms with Gasteiger partial charge in [-0.2, -0.15) is 0 Å². The van der Waals surface area contributed by atoms with Crippen molar-refractivity contribution < 1.29 is 9.59 Å². The second-order valence-corrected chi connectivity index (χ2v) is 5.51. The number of carbonyl (C=O) groups excluding carboxylic acids is 2. The molecule has 0 spiro atoms. The zero-order chi connectivity index (χ0) is 16.8. The number of benzene rings is 2. The first-order chi connectivity index (χ1) is 11.7. The van der Waals surface area contributed by atoms with E-state index in [0.29, 0.717) is 35.6 Å². The van der Waals surface area contributed by atoms with Crippen molar-refractivity contribution in [3.8, 4) is 0 Å². The highest BCUT2D eigenvalue weighted by atomic mass is 16.1. The van der Waals surface area contributed by atoms with E-state index in [1.54, 1.807) is 24.3 Å². The van der Waals surface area contributed by atoms with Crippen LogP contribution in [0.3, 0.4) is 0 Å². The average molecular weight is 318 g/mol. The molecule has 3 rings (SSSR count). The van der Waals surface area contributed by atoms with Crippen LogP contribution in [-0.2, 0) is 0 Å². The van der Waals surface area contributed by atoms with E-state index in [1.807, 2.05) is 36.4 Å². The third-order valence-electron chi connectivity index (χ3n) is 3.80. The fraction of sp³-hybridized carbons (Fsp3) is 0.150. The molecule has 120 valence electrons. The molecule has 0 unspecified atom stereocenters. The second-order valence-electron chi connectivity index (χ2n) is 5.51. The molecule has 2 aromatic rings. The van der Waals surface area contributed by atoms with Crippen molar-refractivity contribution in [3.05, 3.63) is 83.6 Å². The standard InChI is InChI=1S/C20H18N2O2/c23-19(15-7-3-1-4-8-15)13-17-18(22-12-11-21-17)14-20(24)16-9-5-2-6-10-16/h1-10,13,21H,11-12,14H2/b17-13-. The molecule has 24 heavy (non-hydrogen) atoms. The molecule has 0 bridgehead atoms. The van der Waals surface area contributed by atoms with Crippen LogP contribution in [0.2, 0.25) is 0 Å². The number of Topliss-reactive ketones (excluding diaryl/α,β-unsaturated/α-hetero) is 1. The molecule has 1 heterocycles. The van der Waals surface area contributed by atoms with E-state index in [4.69, 9.17) is 0 Å². The second kappa shape index (κ2) is 7.51. The van der Waals surface area contributed by atoms with Crippen LogP contribution in [0.1, 0.15) is 27.1 Å². The topological polar surface area (TPSA) is 58.5 Å². The van der Waals surface area contributed by atoms with Crippen LogP contribution in [0.25, 0.3) is 0 Å². The Bertz CT molecular complexity index is 793. The molecule has 0 aromatic heterocycles. The molecule has 4 heteroatoms. The lowest BCUT2D eigenvalue weighted by molar-refractivity contribution is 0.0998. The summed E-state index contributed by atoms with van der Waals surface area (Å²) in [5.74, 6) is -0.101. The summed E-state index contributed by atoms with van der Waals surface area (Å²) in [6, 6.07) is 18.2. The van der Waals surface area contributed by atoms with Gasteiger partial charge in [0.2, 0.25) is 0 Å². The van der Waals surface area contributed by atoms with Gasteiger partial charge in [-0.15, -0.1) is 0 Å². The molecule has 2 aromatic carbocycles. The normalized spacial score (nSPS) is 15.5. The molecular weight excluding hydrogens is 300 g/mol. The van der Waals surface area contributed by atoms with Crippen molar-refractivity contribution in [3.63, 3.8) is 0 Å². The summed E-state index contributed by atoms with van der Waals surface area (Å²) in [4.78, 5) is 29.2. The minimum atomic E-state index is -0.0974. The maximum atomic E-state index is 12.4. The summed E-state index contributed by atoms with van der Waals surface area (Å²) in [6.07, 6.45) is 1.72. The van der Waals surface area contributed by atoms with Gasteiger partial charge in [0.25, 0.3) is 0 Å². The first-order valence-electron chi connectivity index (χ1n) is 7.91. The summed E-state index contributed by atoms with van der Waals surface area (Å²) < 4.78 is 0. The maximum absolute atomic E-state index is 12.4. The summed E-state index contributed by atoms with van der Waals surface area (Å²) in [7, 11) is 0. The highest BCUT2D eigenvalue weighted by Gasteiger charge is 2.17. The predicted octanol–water partition coefficient (Wildman–Crippen LogP) is 3.07. The van der Waals surface area contributed by atoms with Gasteiger partial charge < -0.3 is 5.32 Å². The first-order valence-corrected chi connectivity index (χ1v) is 7.91. The van der Waals surface area contributed by atoms with Gasteiger partial charge in [-0.25, -0.2) is 0 Å². The molecule has 0 saturated carbocycles. The van der Waals surface area contributed by atoms with Gasteiger partial charge in [0, 0.05) is 23.7 Å². The fourth-order valence-corrected chi connectivity index (χ4v) is 2.55. The van der Waals surface area contributed by atoms with E-state index in [1.165, 1.54) is 6.08 Å². The van der Waals surface area contributed by atoms with Crippen LogP contribution >= 0.6 is 0 Å². The lowest BCUT2D eigenvalue weighted by atomic mass is 10.0. The number of hydrogen-bond donors (Lipinski definition) is 1. The van der Waals surface area contributed by atoms with E-state index in [0.717, 1.165) is 0 Å². The van der Waals surface area contributed by atoms with Crippen LogP contribution in [0.15, 0.2) is 77.4 Å². The molecule has 1 aliphatic rings. The van der Waals surface area contributed by atoms with Crippen molar-refractivity contribution in [2.45, 2.75) is 6.42 Å². The Morgan fingerprint density at radius 2 is 1.58 bits per heavy atom. The molecule has 0 fully saturated rings. The number of hydrogen-bond acceptors (Lipinski definition) is 4. The Balaban J connectivity index is 1.79. The Kier molecular flexibility index (Phi) is 4.96. The van der Waals surface area contributed by atoms with Crippen LogP contribution in [0.4, 0.5) is 0 Å². The predicted molar refractivity (Wildman–Crippen MR) is 94.5 cm³/mol. The molecule has 1 aliphatic heterocycles. The van der Waals surface area contributed by atoms with Crippen molar-refractivity contribution in [2.75, 3.05) is 13.1 Å². The zero-order valence-corrected chi connectivity index (χ0v) is 13.2. The van der Waals surface area contributed by atoms with Gasteiger partial charge >= 0.3 is 0 Å². The van der Waals surface area contributed by atoms with Gasteiger partial charge in [0.05, 0.1) is 24.4 Å². The van der Waals surface area contributed by atoms with Crippen LogP contribution < -0.4 is 5.32 Å². The van der Waals surface area contributed by atoms with Gasteiger partial charge in [-0.1, -0.05) is 60.7 Å². The lowest BCUT2D eigenvalue weighted by Gasteiger charge is -2.18. The van der Waals surface area contributed by atoms with E-state index in [2.05, 4.69) is 10.3 Å². The average Bonchev–Trinajstić information content (AvgIpc) is 2.64. The summed E-state index contributed by atoms with van der Waals surface area (Å²) >= 11 is 0. The fourth-order valence-electron chi connectivity index (χ4n) is 2.55. The molecule has 0 aliphatic carbocycles. The van der Waals surface area contributed by atoms with Gasteiger partial charge in [-0.3, -0.25) is 14.6 Å². The molecule has 0 saturated heterocycles. The van der Waals surface area contributed by atoms with Crippen LogP contribution in [0, 0.1) is 0 Å². The summed E-state index contributed by atoms with van der Waals surface area (Å²) in [5.41, 5.74) is 2.55. The first kappa shape index (κ1) is 15.9. The molecule has 1 N–H and O–H groups in total. The van der Waals surface area contributed by atoms with E-state index in [9.17, 15) is 9.59 Å². The maximum Gasteiger partial charge on any atom is 0.187 e. The minimum Gasteiger partial charge on any atom is -0.382 e. The number of aliphatic imine (C=N–C) groups is 1. The highest BCUT2D eigenvalue weighted by Crippen LogP contribution is 2.11. The van der Waals surface area contributed by atoms with Crippen LogP contribution in [0.5, 0.6) is 0 Å². The highest BCUT2D eigenvalue weighted by molar-refractivity contribution is 6.18. The Morgan fingerprint density at radius 1 is 0.958 bits per heavy atom. The van der Waals surface area contributed by atoms with Gasteiger partial charge in [0.15, 0.2) is 11.6 Å². The number of carbonyl (C=O) groups is 2. The SMILES string of the molecule is O=C(/C=C1\NCCN=C1CC(=O)c1ccccc1)c1ccccc1. The lowest BCUT2D eigenvalue weighted by Crippen LogP contribution is -2.30. The molecular formula is C20H18N2O2. The van der Waals surface area contributed by atoms with E-state index >= 15 is 0 Å². The summed E-state index contributed by atoms with van der Waals surface area (Å²) in [6.45, 7) is 1.27. The number of nitrogens with zero attached hydrogens (tertiary/aromatic N) is 1. The van der Waals surface area contributed by atoms with Crippen LogP contribution in [-0.4, -0.2) is 30.4 Å². The largest absolute Gasteiger partial charge is 0.382 e. The van der Waals surface area contributed by atoms with E-state index in [-0.39, 0.29) is 18.0 Å². The van der Waals surface area contributed by atoms with Crippen molar-refractivity contribution >= 4 is 17.3 Å². The number of nitrogens with one attached hydrogen (secondary N) is 1. The van der Waals surface area contributed by atoms with Gasteiger partial charge in [-0.05, 0) is 0 Å². The summed E-state index contributed by atoms with van der Waals surface area (Å²) in [5, 5.41) is 3.18. The van der Waals surface area contributed by atoms with Crippen molar-refractivity contribution in [1.82, 2.24) is 5.32 Å². The van der Waals surface area contributed by atoms with Crippen molar-refractivity contribution in [1.29, 1.82) is 0 Å². The number of ketones is 2. The third kappa shape index (κ3) is 3.84. The van der Waals surface area contributed by atoms with Gasteiger partial charge in [0.1, 0.15) is 0 Å². The smallest absolute Gasteiger partial charge is 0.187 e. The Morgan fingerprint density at radius 3 is 2.25 bits per heavy atom. The monoisotopic (exact) mass is 318 g/mol. The number of rotatable bonds is 5. The Hall–Kier alpha value is -3.01. The number of allylic oxidation sites excluding steroid dienone is 2. The molecule has 0 radical (unpaired) electrons.